The first kappa shape index (κ1) is 15.2. The molecule has 1 atom stereocenters. The van der Waals surface area contributed by atoms with Gasteiger partial charge in [0.1, 0.15) is 0 Å². The van der Waals surface area contributed by atoms with E-state index < -0.39 is 0 Å². The van der Waals surface area contributed by atoms with Gasteiger partial charge in [-0.05, 0) is 6.42 Å². The number of piperazine rings is 1. The van der Waals surface area contributed by atoms with Crippen LogP contribution in [0, 0.1) is 0 Å². The van der Waals surface area contributed by atoms with Gasteiger partial charge in [-0.1, -0.05) is 18.5 Å². The summed E-state index contributed by atoms with van der Waals surface area (Å²) < 4.78 is 5.09. The van der Waals surface area contributed by atoms with Gasteiger partial charge < -0.3 is 15.7 Å². The highest BCUT2D eigenvalue weighted by molar-refractivity contribution is 5.85. The van der Waals surface area contributed by atoms with Gasteiger partial charge in [-0.25, -0.2) is 0 Å². The van der Waals surface area contributed by atoms with Crippen molar-refractivity contribution in [2.75, 3.05) is 46.4 Å². The summed E-state index contributed by atoms with van der Waals surface area (Å²) in [7, 11) is 1.73. The minimum atomic E-state index is 0.0737. The van der Waals surface area contributed by atoms with Gasteiger partial charge in [-0.15, -0.1) is 0 Å². The van der Waals surface area contributed by atoms with Crippen LogP contribution < -0.4 is 5.73 Å². The van der Waals surface area contributed by atoms with Crippen LogP contribution in [-0.4, -0.2) is 73.3 Å². The highest BCUT2D eigenvalue weighted by Gasteiger charge is 2.25. The molecular formula is C12H26N4O2. The fourth-order valence-corrected chi connectivity index (χ4v) is 2.38. The van der Waals surface area contributed by atoms with E-state index in [1.165, 1.54) is 0 Å². The molecule has 6 heteroatoms. The largest absolute Gasteiger partial charge is 0.409 e. The molecule has 1 aliphatic rings. The lowest BCUT2D eigenvalue weighted by Gasteiger charge is -2.38. The molecule has 0 amide bonds. The van der Waals surface area contributed by atoms with E-state index in [9.17, 15) is 0 Å². The second kappa shape index (κ2) is 8.29. The van der Waals surface area contributed by atoms with Gasteiger partial charge in [0, 0.05) is 39.8 Å². The molecule has 0 aliphatic carbocycles. The highest BCUT2D eigenvalue weighted by atomic mass is 16.5. The average Bonchev–Trinajstić information content (AvgIpc) is 2.42. The normalized spacial score (nSPS) is 21.1. The topological polar surface area (TPSA) is 74.3 Å². The molecule has 1 rings (SSSR count). The molecule has 0 bridgehead atoms. The van der Waals surface area contributed by atoms with Crippen molar-refractivity contribution >= 4 is 5.84 Å². The Kier molecular flexibility index (Phi) is 7.00. The Balaban J connectivity index is 2.43. The Morgan fingerprint density at radius 2 is 2.06 bits per heavy atom. The van der Waals surface area contributed by atoms with Crippen LogP contribution in [0.25, 0.3) is 0 Å². The third kappa shape index (κ3) is 4.44. The van der Waals surface area contributed by atoms with Gasteiger partial charge in [0.05, 0.1) is 12.6 Å². The predicted molar refractivity (Wildman–Crippen MR) is 72.0 cm³/mol. The van der Waals surface area contributed by atoms with Crippen LogP contribution in [-0.2, 0) is 4.74 Å². The molecule has 18 heavy (non-hydrogen) atoms. The van der Waals surface area contributed by atoms with Crippen molar-refractivity contribution < 1.29 is 9.94 Å². The van der Waals surface area contributed by atoms with Crippen LogP contribution >= 0.6 is 0 Å². The number of amidine groups is 1. The number of nitrogens with two attached hydrogens (primary N) is 1. The summed E-state index contributed by atoms with van der Waals surface area (Å²) in [5, 5.41) is 12.0. The van der Waals surface area contributed by atoms with Crippen LogP contribution in [0.3, 0.4) is 0 Å². The summed E-state index contributed by atoms with van der Waals surface area (Å²) >= 11 is 0. The molecule has 1 fully saturated rings. The molecule has 1 aliphatic heterocycles. The van der Waals surface area contributed by atoms with E-state index >= 15 is 0 Å². The second-order valence-electron chi connectivity index (χ2n) is 4.70. The summed E-state index contributed by atoms with van der Waals surface area (Å²) in [6.45, 7) is 7.83. The molecule has 0 spiro atoms. The van der Waals surface area contributed by atoms with E-state index in [0.29, 0.717) is 5.84 Å². The number of rotatable bonds is 7. The molecule has 0 aromatic carbocycles. The minimum absolute atomic E-state index is 0.0737. The zero-order valence-electron chi connectivity index (χ0n) is 11.5. The monoisotopic (exact) mass is 258 g/mol. The zero-order valence-corrected chi connectivity index (χ0v) is 11.5. The number of nitrogens with zero attached hydrogens (tertiary/aromatic N) is 3. The number of ether oxygens (including phenoxy) is 1. The maximum Gasteiger partial charge on any atom is 0.156 e. The standard InChI is InChI=1S/C12H26N4O2/c1-3-4-11(12(13)14-17)16-7-5-15(6-8-16)9-10-18-2/h11,17H,3-10H2,1-2H3,(H2,13,14). The fourth-order valence-electron chi connectivity index (χ4n) is 2.38. The average molecular weight is 258 g/mol. The molecule has 1 heterocycles. The third-order valence-corrected chi connectivity index (χ3v) is 3.48. The van der Waals surface area contributed by atoms with Crippen molar-refractivity contribution in [3.8, 4) is 0 Å². The first-order valence-electron chi connectivity index (χ1n) is 6.65. The molecule has 106 valence electrons. The lowest BCUT2D eigenvalue weighted by molar-refractivity contribution is 0.0856. The first-order chi connectivity index (χ1) is 8.72. The van der Waals surface area contributed by atoms with Crippen molar-refractivity contribution in [3.63, 3.8) is 0 Å². The Morgan fingerprint density at radius 1 is 1.39 bits per heavy atom. The van der Waals surface area contributed by atoms with E-state index in [1.807, 2.05) is 0 Å². The van der Waals surface area contributed by atoms with Gasteiger partial charge in [0.25, 0.3) is 0 Å². The van der Waals surface area contributed by atoms with Crippen molar-refractivity contribution in [2.45, 2.75) is 25.8 Å². The maximum absolute atomic E-state index is 8.84. The van der Waals surface area contributed by atoms with Gasteiger partial charge in [0.2, 0.25) is 0 Å². The summed E-state index contributed by atoms with van der Waals surface area (Å²) in [6.07, 6.45) is 1.97. The molecular weight excluding hydrogens is 232 g/mol. The zero-order chi connectivity index (χ0) is 13.4. The van der Waals surface area contributed by atoms with Crippen LogP contribution in [0.4, 0.5) is 0 Å². The summed E-state index contributed by atoms with van der Waals surface area (Å²) in [5.74, 6) is 0.335. The summed E-state index contributed by atoms with van der Waals surface area (Å²) in [6, 6.07) is 0.0737. The fraction of sp³-hybridized carbons (Fsp3) is 0.917. The summed E-state index contributed by atoms with van der Waals surface area (Å²) in [4.78, 5) is 4.69. The molecule has 3 N–H and O–H groups in total. The van der Waals surface area contributed by atoms with Crippen molar-refractivity contribution in [1.29, 1.82) is 0 Å². The highest BCUT2D eigenvalue weighted by Crippen LogP contribution is 2.11. The van der Waals surface area contributed by atoms with E-state index in [4.69, 9.17) is 15.7 Å². The number of hydrogen-bond donors (Lipinski definition) is 2. The Bertz CT molecular complexity index is 252. The van der Waals surface area contributed by atoms with E-state index in [-0.39, 0.29) is 6.04 Å². The van der Waals surface area contributed by atoms with Crippen molar-refractivity contribution in [1.82, 2.24) is 9.80 Å². The SMILES string of the molecule is CCCC(C(N)=NO)N1CCN(CCOC)CC1. The Morgan fingerprint density at radius 3 is 2.56 bits per heavy atom. The van der Waals surface area contributed by atoms with Crippen LogP contribution in [0.1, 0.15) is 19.8 Å². The number of methoxy groups -OCH3 is 1. The molecule has 0 saturated carbocycles. The Hall–Kier alpha value is -0.850. The summed E-state index contributed by atoms with van der Waals surface area (Å²) in [5.41, 5.74) is 5.77. The number of hydrogen-bond acceptors (Lipinski definition) is 5. The molecule has 0 aromatic rings. The van der Waals surface area contributed by atoms with E-state index in [1.54, 1.807) is 7.11 Å². The molecule has 0 aromatic heterocycles. The molecule has 1 unspecified atom stereocenters. The lowest BCUT2D eigenvalue weighted by Crippen LogP contribution is -2.54. The van der Waals surface area contributed by atoms with Gasteiger partial charge in [0.15, 0.2) is 5.84 Å². The number of oxime groups is 1. The quantitative estimate of drug-likeness (QED) is 0.295. The third-order valence-electron chi connectivity index (χ3n) is 3.48. The lowest BCUT2D eigenvalue weighted by atomic mass is 10.1. The van der Waals surface area contributed by atoms with Crippen LogP contribution in [0.5, 0.6) is 0 Å². The van der Waals surface area contributed by atoms with E-state index in [0.717, 1.165) is 52.2 Å². The van der Waals surface area contributed by atoms with Gasteiger partial charge in [-0.2, -0.15) is 0 Å². The molecule has 0 radical (unpaired) electrons. The minimum Gasteiger partial charge on any atom is -0.409 e. The van der Waals surface area contributed by atoms with Crippen molar-refractivity contribution in [3.05, 3.63) is 0 Å². The maximum atomic E-state index is 8.84. The van der Waals surface area contributed by atoms with Gasteiger partial charge in [-0.3, -0.25) is 9.80 Å². The predicted octanol–water partition coefficient (Wildman–Crippen LogP) is 0.166. The first-order valence-corrected chi connectivity index (χ1v) is 6.65. The van der Waals surface area contributed by atoms with Crippen LogP contribution in [0.2, 0.25) is 0 Å². The molecule has 6 nitrogen and oxygen atoms in total. The van der Waals surface area contributed by atoms with E-state index in [2.05, 4.69) is 21.9 Å². The smallest absolute Gasteiger partial charge is 0.156 e. The second-order valence-corrected chi connectivity index (χ2v) is 4.70. The van der Waals surface area contributed by atoms with Crippen LogP contribution in [0.15, 0.2) is 5.16 Å². The van der Waals surface area contributed by atoms with Crippen molar-refractivity contribution in [2.24, 2.45) is 10.9 Å². The molecule has 1 saturated heterocycles. The Labute approximate surface area is 109 Å². The van der Waals surface area contributed by atoms with Gasteiger partial charge >= 0.3 is 0 Å².